The van der Waals surface area contributed by atoms with Crippen molar-refractivity contribution in [3.63, 3.8) is 0 Å². The zero-order valence-electron chi connectivity index (χ0n) is 7.41. The van der Waals surface area contributed by atoms with Gasteiger partial charge in [0.1, 0.15) is 11.5 Å². The zero-order chi connectivity index (χ0) is 10.1. The number of aromatic nitrogens is 3. The lowest BCUT2D eigenvalue weighted by Crippen LogP contribution is -1.85. The molecular formula is C9H7BrFN3. The Hall–Kier alpha value is -1.23. The number of benzene rings is 1. The molecule has 0 unspecified atom stereocenters. The van der Waals surface area contributed by atoms with E-state index in [0.29, 0.717) is 15.7 Å². The summed E-state index contributed by atoms with van der Waals surface area (Å²) in [5.74, 6) is -0.306. The lowest BCUT2D eigenvalue weighted by Gasteiger charge is -1.98. The van der Waals surface area contributed by atoms with Crippen LogP contribution < -0.4 is 0 Å². The van der Waals surface area contributed by atoms with Gasteiger partial charge in [-0.15, -0.1) is 5.10 Å². The van der Waals surface area contributed by atoms with E-state index in [1.807, 2.05) is 0 Å². The van der Waals surface area contributed by atoms with Gasteiger partial charge in [0.2, 0.25) is 0 Å². The predicted octanol–water partition coefficient (Wildman–Crippen LogP) is 2.38. The second kappa shape index (κ2) is 3.49. The van der Waals surface area contributed by atoms with Crippen molar-refractivity contribution in [2.75, 3.05) is 0 Å². The molecule has 0 saturated carbocycles. The summed E-state index contributed by atoms with van der Waals surface area (Å²) in [6, 6.07) is 4.85. The second-order valence-corrected chi connectivity index (χ2v) is 3.82. The minimum absolute atomic E-state index is 0.306. The van der Waals surface area contributed by atoms with E-state index in [1.54, 1.807) is 25.4 Å². The van der Waals surface area contributed by atoms with Gasteiger partial charge in [-0.2, -0.15) is 0 Å². The fraction of sp³-hybridized carbons (Fsp3) is 0.111. The molecular weight excluding hydrogens is 249 g/mol. The van der Waals surface area contributed by atoms with Crippen molar-refractivity contribution in [2.24, 2.45) is 7.05 Å². The monoisotopic (exact) mass is 255 g/mol. The number of nitrogens with zero attached hydrogens (tertiary/aromatic N) is 3. The van der Waals surface area contributed by atoms with Gasteiger partial charge in [0.15, 0.2) is 0 Å². The zero-order valence-corrected chi connectivity index (χ0v) is 8.99. The molecule has 3 nitrogen and oxygen atoms in total. The third kappa shape index (κ3) is 1.68. The molecule has 14 heavy (non-hydrogen) atoms. The van der Waals surface area contributed by atoms with Crippen molar-refractivity contribution in [3.8, 4) is 11.3 Å². The van der Waals surface area contributed by atoms with Gasteiger partial charge in [-0.1, -0.05) is 21.1 Å². The maximum Gasteiger partial charge on any atom is 0.133 e. The van der Waals surface area contributed by atoms with Gasteiger partial charge in [-0.3, -0.25) is 4.68 Å². The van der Waals surface area contributed by atoms with E-state index in [4.69, 9.17) is 0 Å². The number of halogens is 2. The minimum Gasteiger partial charge on any atom is -0.255 e. The van der Waals surface area contributed by atoms with Crippen molar-refractivity contribution >= 4 is 15.9 Å². The Morgan fingerprint density at radius 3 is 2.79 bits per heavy atom. The van der Waals surface area contributed by atoms with Crippen LogP contribution in [0.3, 0.4) is 0 Å². The molecule has 1 heterocycles. The molecule has 0 aliphatic carbocycles. The van der Waals surface area contributed by atoms with Gasteiger partial charge < -0.3 is 0 Å². The molecule has 0 atom stereocenters. The van der Waals surface area contributed by atoms with E-state index < -0.39 is 0 Å². The first-order valence-electron chi connectivity index (χ1n) is 3.98. The van der Waals surface area contributed by atoms with Crippen molar-refractivity contribution in [3.05, 3.63) is 34.7 Å². The molecule has 5 heteroatoms. The third-order valence-electron chi connectivity index (χ3n) is 1.81. The molecule has 0 bridgehead atoms. The van der Waals surface area contributed by atoms with Crippen molar-refractivity contribution in [1.82, 2.24) is 15.0 Å². The Balaban J connectivity index is 2.52. The van der Waals surface area contributed by atoms with Crippen LogP contribution in [-0.4, -0.2) is 15.0 Å². The van der Waals surface area contributed by atoms with Crippen molar-refractivity contribution in [1.29, 1.82) is 0 Å². The second-order valence-electron chi connectivity index (χ2n) is 2.90. The van der Waals surface area contributed by atoms with E-state index in [2.05, 4.69) is 26.2 Å². The van der Waals surface area contributed by atoms with Crippen LogP contribution in [-0.2, 0) is 7.05 Å². The number of aryl methyl sites for hydroxylation is 1. The lowest BCUT2D eigenvalue weighted by atomic mass is 10.1. The molecule has 2 aromatic rings. The Bertz CT molecular complexity index is 467. The van der Waals surface area contributed by atoms with Crippen molar-refractivity contribution in [2.45, 2.75) is 0 Å². The summed E-state index contributed by atoms with van der Waals surface area (Å²) in [5.41, 5.74) is 0.999. The first-order chi connectivity index (χ1) is 6.66. The van der Waals surface area contributed by atoms with Gasteiger partial charge >= 0.3 is 0 Å². The molecule has 0 aliphatic heterocycles. The molecule has 2 rings (SSSR count). The summed E-state index contributed by atoms with van der Waals surface area (Å²) in [7, 11) is 1.74. The molecule has 72 valence electrons. The molecule has 0 fully saturated rings. The molecule has 0 radical (unpaired) electrons. The summed E-state index contributed by atoms with van der Waals surface area (Å²) in [6.45, 7) is 0. The highest BCUT2D eigenvalue weighted by Gasteiger charge is 2.08. The fourth-order valence-corrected chi connectivity index (χ4v) is 1.50. The summed E-state index contributed by atoms with van der Waals surface area (Å²) in [5, 5.41) is 7.58. The Morgan fingerprint density at radius 1 is 1.43 bits per heavy atom. The van der Waals surface area contributed by atoms with Gasteiger partial charge in [0, 0.05) is 17.1 Å². The van der Waals surface area contributed by atoms with Gasteiger partial charge in [0.25, 0.3) is 0 Å². The molecule has 1 aromatic carbocycles. The highest BCUT2D eigenvalue weighted by atomic mass is 79.9. The van der Waals surface area contributed by atoms with Gasteiger partial charge in [-0.05, 0) is 18.2 Å². The average Bonchev–Trinajstić information content (AvgIpc) is 2.51. The summed E-state index contributed by atoms with van der Waals surface area (Å²) in [4.78, 5) is 0. The van der Waals surface area contributed by atoms with Crippen LogP contribution in [0.15, 0.2) is 28.9 Å². The topological polar surface area (TPSA) is 30.7 Å². The van der Waals surface area contributed by atoms with Crippen molar-refractivity contribution < 1.29 is 4.39 Å². The standard InChI is InChI=1S/C9H7BrFN3/c1-14-5-9(12-13-14)7-3-2-6(10)4-8(7)11/h2-5H,1H3. The molecule has 0 aliphatic rings. The van der Waals surface area contributed by atoms with Crippen LogP contribution in [0.25, 0.3) is 11.3 Å². The molecule has 0 spiro atoms. The van der Waals surface area contributed by atoms with Gasteiger partial charge in [0.05, 0.1) is 6.20 Å². The minimum atomic E-state index is -0.306. The highest BCUT2D eigenvalue weighted by Crippen LogP contribution is 2.23. The van der Waals surface area contributed by atoms with E-state index in [9.17, 15) is 4.39 Å². The SMILES string of the molecule is Cn1cc(-c2ccc(Br)cc2F)nn1. The first-order valence-corrected chi connectivity index (χ1v) is 4.78. The number of hydrogen-bond acceptors (Lipinski definition) is 2. The van der Waals surface area contributed by atoms with E-state index >= 15 is 0 Å². The average molecular weight is 256 g/mol. The Morgan fingerprint density at radius 2 is 2.21 bits per heavy atom. The largest absolute Gasteiger partial charge is 0.255 e. The quantitative estimate of drug-likeness (QED) is 0.784. The smallest absolute Gasteiger partial charge is 0.133 e. The first kappa shape index (κ1) is 9.33. The maximum atomic E-state index is 13.4. The number of hydrogen-bond donors (Lipinski definition) is 0. The van der Waals surface area contributed by atoms with E-state index in [-0.39, 0.29) is 5.82 Å². The Labute approximate surface area is 88.7 Å². The molecule has 0 N–H and O–H groups in total. The fourth-order valence-electron chi connectivity index (χ4n) is 1.17. The van der Waals surface area contributed by atoms with Crippen LogP contribution in [0.1, 0.15) is 0 Å². The van der Waals surface area contributed by atoms with E-state index in [1.165, 1.54) is 10.7 Å². The van der Waals surface area contributed by atoms with Crippen LogP contribution in [0.2, 0.25) is 0 Å². The van der Waals surface area contributed by atoms with Gasteiger partial charge in [-0.25, -0.2) is 4.39 Å². The molecule has 0 saturated heterocycles. The summed E-state index contributed by atoms with van der Waals surface area (Å²) < 4.78 is 15.7. The van der Waals surface area contributed by atoms with E-state index in [0.717, 1.165) is 0 Å². The predicted molar refractivity (Wildman–Crippen MR) is 54.1 cm³/mol. The normalized spacial score (nSPS) is 10.5. The lowest BCUT2D eigenvalue weighted by molar-refractivity contribution is 0.629. The van der Waals surface area contributed by atoms with Crippen LogP contribution in [0.5, 0.6) is 0 Å². The third-order valence-corrected chi connectivity index (χ3v) is 2.30. The molecule has 1 aromatic heterocycles. The van der Waals surface area contributed by atoms with Crippen LogP contribution >= 0.6 is 15.9 Å². The van der Waals surface area contributed by atoms with Crippen LogP contribution in [0, 0.1) is 5.82 Å². The summed E-state index contributed by atoms with van der Waals surface area (Å²) >= 11 is 3.19. The van der Waals surface area contributed by atoms with Crippen LogP contribution in [0.4, 0.5) is 4.39 Å². The molecule has 0 amide bonds. The summed E-state index contributed by atoms with van der Waals surface area (Å²) in [6.07, 6.45) is 1.67. The maximum absolute atomic E-state index is 13.4. The highest BCUT2D eigenvalue weighted by molar-refractivity contribution is 9.10. The Kier molecular flexibility index (Phi) is 2.33. The number of rotatable bonds is 1.